The molecule has 2 rings (SSSR count). The standard InChI is InChI=1S/C10H8ClNO2/c1-14-8-3-2-7-9(10(8)11)6(5-13)4-12-7/h2-5,12H,1H3. The smallest absolute Gasteiger partial charge is 0.152 e. The van der Waals surface area contributed by atoms with Crippen LogP contribution in [0.1, 0.15) is 10.4 Å². The summed E-state index contributed by atoms with van der Waals surface area (Å²) in [6, 6.07) is 3.59. The third kappa shape index (κ3) is 1.17. The molecule has 0 bridgehead atoms. The molecule has 1 N–H and O–H groups in total. The van der Waals surface area contributed by atoms with Gasteiger partial charge in [-0.1, -0.05) is 11.6 Å². The van der Waals surface area contributed by atoms with Gasteiger partial charge < -0.3 is 9.72 Å². The normalized spacial score (nSPS) is 10.4. The van der Waals surface area contributed by atoms with E-state index in [4.69, 9.17) is 16.3 Å². The number of benzene rings is 1. The van der Waals surface area contributed by atoms with Crippen LogP contribution in [0.15, 0.2) is 18.3 Å². The van der Waals surface area contributed by atoms with Gasteiger partial charge in [-0.25, -0.2) is 0 Å². The number of aromatic nitrogens is 1. The number of aromatic amines is 1. The first kappa shape index (κ1) is 9.09. The highest BCUT2D eigenvalue weighted by molar-refractivity contribution is 6.37. The van der Waals surface area contributed by atoms with Gasteiger partial charge in [-0.05, 0) is 12.1 Å². The third-order valence-electron chi connectivity index (χ3n) is 2.13. The maximum Gasteiger partial charge on any atom is 0.152 e. The van der Waals surface area contributed by atoms with Crippen LogP contribution in [-0.2, 0) is 0 Å². The molecule has 0 saturated heterocycles. The Morgan fingerprint density at radius 2 is 2.29 bits per heavy atom. The molecule has 3 nitrogen and oxygen atoms in total. The SMILES string of the molecule is COc1ccc2[nH]cc(C=O)c2c1Cl. The monoisotopic (exact) mass is 209 g/mol. The molecule has 1 heterocycles. The van der Waals surface area contributed by atoms with Crippen LogP contribution in [0, 0.1) is 0 Å². The lowest BCUT2D eigenvalue weighted by Gasteiger charge is -2.03. The molecular weight excluding hydrogens is 202 g/mol. The average molecular weight is 210 g/mol. The van der Waals surface area contributed by atoms with Gasteiger partial charge in [0.1, 0.15) is 5.75 Å². The van der Waals surface area contributed by atoms with Gasteiger partial charge in [0.05, 0.1) is 12.1 Å². The predicted molar refractivity (Wildman–Crippen MR) is 55.2 cm³/mol. The Balaban J connectivity index is 2.83. The van der Waals surface area contributed by atoms with Gasteiger partial charge >= 0.3 is 0 Å². The van der Waals surface area contributed by atoms with Crippen LogP contribution >= 0.6 is 11.6 Å². The number of H-pyrrole nitrogens is 1. The Kier molecular flexibility index (Phi) is 2.17. The van der Waals surface area contributed by atoms with E-state index in [1.807, 2.05) is 6.07 Å². The molecule has 1 aromatic heterocycles. The number of aldehydes is 1. The fourth-order valence-corrected chi connectivity index (χ4v) is 1.79. The van der Waals surface area contributed by atoms with E-state index in [0.717, 1.165) is 11.8 Å². The van der Waals surface area contributed by atoms with Crippen LogP contribution < -0.4 is 4.74 Å². The van der Waals surface area contributed by atoms with Crippen molar-refractivity contribution in [3.8, 4) is 5.75 Å². The predicted octanol–water partition coefficient (Wildman–Crippen LogP) is 2.64. The highest BCUT2D eigenvalue weighted by Crippen LogP contribution is 2.33. The van der Waals surface area contributed by atoms with E-state index in [1.54, 1.807) is 19.4 Å². The fraction of sp³-hybridized carbons (Fsp3) is 0.100. The number of carbonyl (C=O) groups is 1. The lowest BCUT2D eigenvalue weighted by molar-refractivity contribution is 0.112. The number of methoxy groups -OCH3 is 1. The molecule has 4 heteroatoms. The summed E-state index contributed by atoms with van der Waals surface area (Å²) in [6.45, 7) is 0. The van der Waals surface area contributed by atoms with Crippen LogP contribution in [0.4, 0.5) is 0 Å². The van der Waals surface area contributed by atoms with Gasteiger partial charge in [0.2, 0.25) is 0 Å². The lowest BCUT2D eigenvalue weighted by Crippen LogP contribution is -1.85. The Hall–Kier alpha value is -1.48. The topological polar surface area (TPSA) is 42.1 Å². The molecule has 0 atom stereocenters. The Bertz CT molecular complexity index is 490. The number of nitrogens with one attached hydrogen (secondary N) is 1. The number of halogens is 1. The van der Waals surface area contributed by atoms with Crippen molar-refractivity contribution in [2.45, 2.75) is 0 Å². The average Bonchev–Trinajstić information content (AvgIpc) is 2.62. The summed E-state index contributed by atoms with van der Waals surface area (Å²) in [5, 5.41) is 1.18. The molecule has 0 unspecified atom stereocenters. The molecule has 0 aliphatic carbocycles. The molecule has 0 spiro atoms. The zero-order valence-corrected chi connectivity index (χ0v) is 8.26. The molecule has 0 saturated carbocycles. The zero-order valence-electron chi connectivity index (χ0n) is 7.50. The van der Waals surface area contributed by atoms with Gasteiger partial charge in [0.25, 0.3) is 0 Å². The Labute approximate surface area is 85.6 Å². The minimum atomic E-state index is 0.466. The molecule has 14 heavy (non-hydrogen) atoms. The second kappa shape index (κ2) is 3.35. The third-order valence-corrected chi connectivity index (χ3v) is 2.50. The number of hydrogen-bond acceptors (Lipinski definition) is 2. The first-order chi connectivity index (χ1) is 6.77. The van der Waals surface area contributed by atoms with Crippen molar-refractivity contribution in [2.24, 2.45) is 0 Å². The summed E-state index contributed by atoms with van der Waals surface area (Å²) in [7, 11) is 1.54. The van der Waals surface area contributed by atoms with Gasteiger partial charge in [0.15, 0.2) is 6.29 Å². The summed E-state index contributed by atoms with van der Waals surface area (Å²) >= 11 is 6.06. The molecular formula is C10H8ClNO2. The first-order valence-corrected chi connectivity index (χ1v) is 4.44. The summed E-state index contributed by atoms with van der Waals surface area (Å²) < 4.78 is 5.06. The van der Waals surface area contributed by atoms with E-state index < -0.39 is 0 Å². The molecule has 2 aromatic rings. The number of rotatable bonds is 2. The van der Waals surface area contributed by atoms with Crippen molar-refractivity contribution in [2.75, 3.05) is 7.11 Å². The van der Waals surface area contributed by atoms with Crippen LogP contribution in [0.2, 0.25) is 5.02 Å². The Morgan fingerprint density at radius 3 is 2.93 bits per heavy atom. The maximum absolute atomic E-state index is 10.7. The number of ether oxygens (including phenoxy) is 1. The van der Waals surface area contributed by atoms with Crippen molar-refractivity contribution in [3.05, 3.63) is 28.9 Å². The number of hydrogen-bond donors (Lipinski definition) is 1. The van der Waals surface area contributed by atoms with Crippen LogP contribution in [0.3, 0.4) is 0 Å². The molecule has 0 aliphatic rings. The van der Waals surface area contributed by atoms with E-state index in [9.17, 15) is 4.79 Å². The van der Waals surface area contributed by atoms with Gasteiger partial charge in [-0.2, -0.15) is 0 Å². The molecule has 1 aromatic carbocycles. The van der Waals surface area contributed by atoms with E-state index in [1.165, 1.54) is 0 Å². The molecule has 0 aliphatic heterocycles. The number of carbonyl (C=O) groups excluding carboxylic acids is 1. The van der Waals surface area contributed by atoms with Crippen LogP contribution in [0.5, 0.6) is 5.75 Å². The van der Waals surface area contributed by atoms with Crippen molar-refractivity contribution in [1.29, 1.82) is 0 Å². The molecule has 0 radical (unpaired) electrons. The van der Waals surface area contributed by atoms with E-state index >= 15 is 0 Å². The summed E-state index contributed by atoms with van der Waals surface area (Å²) in [5.74, 6) is 0.571. The van der Waals surface area contributed by atoms with Crippen molar-refractivity contribution in [3.63, 3.8) is 0 Å². The first-order valence-electron chi connectivity index (χ1n) is 4.06. The van der Waals surface area contributed by atoms with Crippen LogP contribution in [0.25, 0.3) is 10.9 Å². The van der Waals surface area contributed by atoms with Crippen molar-refractivity contribution >= 4 is 28.8 Å². The summed E-state index contributed by atoms with van der Waals surface area (Å²) in [4.78, 5) is 13.7. The number of fused-ring (bicyclic) bond motifs is 1. The van der Waals surface area contributed by atoms with Gasteiger partial charge in [0, 0.05) is 22.7 Å². The van der Waals surface area contributed by atoms with Crippen LogP contribution in [-0.4, -0.2) is 18.4 Å². The fourth-order valence-electron chi connectivity index (χ4n) is 1.44. The lowest BCUT2D eigenvalue weighted by atomic mass is 10.2. The largest absolute Gasteiger partial charge is 0.495 e. The Morgan fingerprint density at radius 1 is 1.50 bits per heavy atom. The minimum absolute atomic E-state index is 0.466. The summed E-state index contributed by atoms with van der Waals surface area (Å²) in [5.41, 5.74) is 1.38. The van der Waals surface area contributed by atoms with Crippen molar-refractivity contribution < 1.29 is 9.53 Å². The summed E-state index contributed by atoms with van der Waals surface area (Å²) in [6.07, 6.45) is 2.40. The zero-order chi connectivity index (χ0) is 10.1. The van der Waals surface area contributed by atoms with E-state index in [0.29, 0.717) is 21.7 Å². The molecule has 72 valence electrons. The van der Waals surface area contributed by atoms with Gasteiger partial charge in [-0.15, -0.1) is 0 Å². The minimum Gasteiger partial charge on any atom is -0.495 e. The van der Waals surface area contributed by atoms with E-state index in [-0.39, 0.29) is 0 Å². The van der Waals surface area contributed by atoms with Crippen molar-refractivity contribution in [1.82, 2.24) is 4.98 Å². The molecule has 0 amide bonds. The highest BCUT2D eigenvalue weighted by atomic mass is 35.5. The second-order valence-electron chi connectivity index (χ2n) is 2.87. The maximum atomic E-state index is 10.7. The van der Waals surface area contributed by atoms with E-state index in [2.05, 4.69) is 4.98 Å². The molecule has 0 fully saturated rings. The second-order valence-corrected chi connectivity index (χ2v) is 3.24. The van der Waals surface area contributed by atoms with Gasteiger partial charge in [-0.3, -0.25) is 4.79 Å². The highest BCUT2D eigenvalue weighted by Gasteiger charge is 2.10. The quantitative estimate of drug-likeness (QED) is 0.773.